The van der Waals surface area contributed by atoms with E-state index in [0.717, 1.165) is 40.3 Å². The molecule has 3 rings (SSSR count). The van der Waals surface area contributed by atoms with Gasteiger partial charge in [-0.1, -0.05) is 49.1 Å². The molecule has 1 aromatic carbocycles. The van der Waals surface area contributed by atoms with Gasteiger partial charge in [-0.05, 0) is 55.7 Å². The number of nitrogens with one attached hydrogen (secondary N) is 2. The number of amides is 1. The van der Waals surface area contributed by atoms with Crippen LogP contribution in [-0.2, 0) is 11.2 Å². The molecule has 0 spiro atoms. The van der Waals surface area contributed by atoms with Crippen molar-refractivity contribution in [3.05, 3.63) is 29.8 Å². The molecule has 0 atom stereocenters. The molecule has 1 amide bonds. The third-order valence-electron chi connectivity index (χ3n) is 4.73. The van der Waals surface area contributed by atoms with Crippen LogP contribution in [0.15, 0.2) is 28.6 Å². The number of thioether (sulfide) groups is 1. The minimum Gasteiger partial charge on any atom is -0.353 e. The largest absolute Gasteiger partial charge is 0.353 e. The maximum absolute atomic E-state index is 12.1. The number of nitrogens with zero attached hydrogens (tertiary/aromatic N) is 2. The number of carbonyl (C=O) groups excluding carboxylic acids is 1. The minimum absolute atomic E-state index is 0.0921. The molecule has 1 aromatic heterocycles. The number of rotatable bonds is 7. The van der Waals surface area contributed by atoms with Gasteiger partial charge in [0.15, 0.2) is 4.34 Å². The van der Waals surface area contributed by atoms with Crippen LogP contribution in [0, 0.1) is 5.92 Å². The molecule has 0 unspecified atom stereocenters. The lowest BCUT2D eigenvalue weighted by Gasteiger charge is -2.26. The fourth-order valence-corrected chi connectivity index (χ4v) is 4.65. The van der Waals surface area contributed by atoms with Crippen LogP contribution >= 0.6 is 23.1 Å². The number of aromatic nitrogens is 2. The summed E-state index contributed by atoms with van der Waals surface area (Å²) in [5, 5.41) is 15.5. The van der Waals surface area contributed by atoms with Gasteiger partial charge in [0.05, 0.1) is 5.75 Å². The lowest BCUT2D eigenvalue weighted by molar-refractivity contribution is -0.119. The SMILES string of the molecule is CCc1ccc(Nc2nnc(SCC(=O)NC3CCC(C)CC3)s2)cc1. The van der Waals surface area contributed by atoms with E-state index in [2.05, 4.69) is 46.8 Å². The van der Waals surface area contributed by atoms with Gasteiger partial charge in [0, 0.05) is 11.7 Å². The predicted octanol–water partition coefficient (Wildman–Crippen LogP) is 4.63. The molecule has 5 nitrogen and oxygen atoms in total. The monoisotopic (exact) mass is 390 g/mol. The quantitative estimate of drug-likeness (QED) is 0.675. The second-order valence-electron chi connectivity index (χ2n) is 6.86. The number of carbonyl (C=O) groups is 1. The number of aryl methyl sites for hydroxylation is 1. The summed E-state index contributed by atoms with van der Waals surface area (Å²) in [5.41, 5.74) is 2.31. The van der Waals surface area contributed by atoms with Crippen molar-refractivity contribution in [3.63, 3.8) is 0 Å². The maximum atomic E-state index is 12.1. The van der Waals surface area contributed by atoms with E-state index < -0.39 is 0 Å². The van der Waals surface area contributed by atoms with E-state index in [9.17, 15) is 4.79 Å². The molecule has 0 saturated heterocycles. The Morgan fingerprint density at radius 2 is 1.92 bits per heavy atom. The van der Waals surface area contributed by atoms with E-state index in [-0.39, 0.29) is 5.91 Å². The second-order valence-corrected chi connectivity index (χ2v) is 9.06. The normalized spacial score (nSPS) is 19.9. The Kier molecular flexibility index (Phi) is 6.91. The minimum atomic E-state index is 0.0921. The first kappa shape index (κ1) is 19.2. The first-order valence-electron chi connectivity index (χ1n) is 9.24. The molecular formula is C19H26N4OS2. The third-order valence-corrected chi connectivity index (χ3v) is 6.70. The molecule has 1 heterocycles. The lowest BCUT2D eigenvalue weighted by Crippen LogP contribution is -2.38. The topological polar surface area (TPSA) is 66.9 Å². The van der Waals surface area contributed by atoms with E-state index in [0.29, 0.717) is 11.8 Å². The van der Waals surface area contributed by atoms with Gasteiger partial charge in [0.1, 0.15) is 0 Å². The summed E-state index contributed by atoms with van der Waals surface area (Å²) in [6.07, 6.45) is 5.65. The molecular weight excluding hydrogens is 364 g/mol. The zero-order chi connectivity index (χ0) is 18.4. The van der Waals surface area contributed by atoms with Crippen molar-refractivity contribution in [1.82, 2.24) is 15.5 Å². The fraction of sp³-hybridized carbons (Fsp3) is 0.526. The van der Waals surface area contributed by atoms with Gasteiger partial charge in [-0.3, -0.25) is 4.79 Å². The van der Waals surface area contributed by atoms with Crippen LogP contribution in [0.3, 0.4) is 0 Å². The Bertz CT molecular complexity index is 709. The Balaban J connectivity index is 1.43. The Morgan fingerprint density at radius 3 is 2.62 bits per heavy atom. The highest BCUT2D eigenvalue weighted by atomic mass is 32.2. The van der Waals surface area contributed by atoms with Gasteiger partial charge < -0.3 is 10.6 Å². The summed E-state index contributed by atoms with van der Waals surface area (Å²) in [6.45, 7) is 4.43. The third kappa shape index (κ3) is 5.71. The van der Waals surface area contributed by atoms with Crippen molar-refractivity contribution >= 4 is 39.8 Å². The first-order valence-corrected chi connectivity index (χ1v) is 11.0. The van der Waals surface area contributed by atoms with Gasteiger partial charge in [-0.15, -0.1) is 10.2 Å². The molecule has 140 valence electrons. The first-order chi connectivity index (χ1) is 12.6. The van der Waals surface area contributed by atoms with Crippen LogP contribution in [0.1, 0.15) is 45.1 Å². The van der Waals surface area contributed by atoms with Crippen LogP contribution in [-0.4, -0.2) is 27.9 Å². The number of hydrogen-bond acceptors (Lipinski definition) is 6. The molecule has 1 aliphatic rings. The van der Waals surface area contributed by atoms with Crippen molar-refractivity contribution in [2.75, 3.05) is 11.1 Å². The highest BCUT2D eigenvalue weighted by molar-refractivity contribution is 8.01. The zero-order valence-electron chi connectivity index (χ0n) is 15.3. The van der Waals surface area contributed by atoms with Gasteiger partial charge in [-0.2, -0.15) is 0 Å². The molecule has 1 aliphatic carbocycles. The van der Waals surface area contributed by atoms with E-state index in [1.165, 1.54) is 41.5 Å². The summed E-state index contributed by atoms with van der Waals surface area (Å²) in [4.78, 5) is 12.1. The molecule has 0 radical (unpaired) electrons. The van der Waals surface area contributed by atoms with Crippen LogP contribution < -0.4 is 10.6 Å². The van der Waals surface area contributed by atoms with Crippen molar-refractivity contribution in [1.29, 1.82) is 0 Å². The van der Waals surface area contributed by atoms with Gasteiger partial charge in [-0.25, -0.2) is 0 Å². The van der Waals surface area contributed by atoms with Crippen LogP contribution in [0.4, 0.5) is 10.8 Å². The molecule has 2 aromatic rings. The predicted molar refractivity (Wildman–Crippen MR) is 109 cm³/mol. The van der Waals surface area contributed by atoms with Crippen molar-refractivity contribution in [2.45, 2.75) is 56.3 Å². The average Bonchev–Trinajstić information content (AvgIpc) is 3.10. The van der Waals surface area contributed by atoms with Gasteiger partial charge in [0.2, 0.25) is 11.0 Å². The zero-order valence-corrected chi connectivity index (χ0v) is 17.0. The smallest absolute Gasteiger partial charge is 0.230 e. The second kappa shape index (κ2) is 9.37. The summed E-state index contributed by atoms with van der Waals surface area (Å²) >= 11 is 2.92. The number of benzene rings is 1. The highest BCUT2D eigenvalue weighted by Gasteiger charge is 2.20. The Labute approximate surface area is 163 Å². The average molecular weight is 391 g/mol. The lowest BCUT2D eigenvalue weighted by atomic mass is 9.87. The standard InChI is InChI=1S/C19H26N4OS2/c1-3-14-6-10-16(11-7-14)21-18-22-23-19(26-18)25-12-17(24)20-15-8-4-13(2)5-9-15/h6-7,10-11,13,15H,3-5,8-9,12H2,1-2H3,(H,20,24)(H,21,22). The Hall–Kier alpha value is -1.60. The fourth-order valence-electron chi connectivity index (χ4n) is 3.07. The van der Waals surface area contributed by atoms with E-state index in [1.807, 2.05) is 12.1 Å². The van der Waals surface area contributed by atoms with Crippen LogP contribution in [0.25, 0.3) is 0 Å². The van der Waals surface area contributed by atoms with Gasteiger partial charge in [0.25, 0.3) is 0 Å². The van der Waals surface area contributed by atoms with Crippen LogP contribution in [0.2, 0.25) is 0 Å². The highest BCUT2D eigenvalue weighted by Crippen LogP contribution is 2.28. The molecule has 0 bridgehead atoms. The van der Waals surface area contributed by atoms with Gasteiger partial charge >= 0.3 is 0 Å². The van der Waals surface area contributed by atoms with Crippen molar-refractivity contribution < 1.29 is 4.79 Å². The molecule has 7 heteroatoms. The van der Waals surface area contributed by atoms with E-state index >= 15 is 0 Å². The maximum Gasteiger partial charge on any atom is 0.230 e. The summed E-state index contributed by atoms with van der Waals surface area (Å²) in [6, 6.07) is 8.65. The summed E-state index contributed by atoms with van der Waals surface area (Å²) < 4.78 is 0.810. The van der Waals surface area contributed by atoms with Crippen molar-refractivity contribution in [3.8, 4) is 0 Å². The number of anilines is 2. The van der Waals surface area contributed by atoms with Crippen molar-refractivity contribution in [2.24, 2.45) is 5.92 Å². The number of hydrogen-bond donors (Lipinski definition) is 2. The summed E-state index contributed by atoms with van der Waals surface area (Å²) in [5.74, 6) is 1.28. The van der Waals surface area contributed by atoms with Crippen LogP contribution in [0.5, 0.6) is 0 Å². The molecule has 26 heavy (non-hydrogen) atoms. The van der Waals surface area contributed by atoms with E-state index in [4.69, 9.17) is 0 Å². The molecule has 1 saturated carbocycles. The summed E-state index contributed by atoms with van der Waals surface area (Å²) in [7, 11) is 0. The van der Waals surface area contributed by atoms with E-state index in [1.54, 1.807) is 0 Å². The Morgan fingerprint density at radius 1 is 1.19 bits per heavy atom. The molecule has 2 N–H and O–H groups in total. The molecule has 1 fully saturated rings. The molecule has 0 aliphatic heterocycles.